The first-order valence-electron chi connectivity index (χ1n) is 6.55. The summed E-state index contributed by atoms with van der Waals surface area (Å²) in [6, 6.07) is 14.1. The van der Waals surface area contributed by atoms with Crippen LogP contribution in [0.15, 0.2) is 57.9 Å². The molecule has 0 aliphatic carbocycles. The third-order valence-corrected chi connectivity index (χ3v) is 6.39. The van der Waals surface area contributed by atoms with Gasteiger partial charge in [0.15, 0.2) is 0 Å². The highest BCUT2D eigenvalue weighted by atomic mass is 79.9. The van der Waals surface area contributed by atoms with Gasteiger partial charge in [0, 0.05) is 27.5 Å². The number of hydrogen-bond acceptors (Lipinski definition) is 3. The second-order valence-electron chi connectivity index (χ2n) is 4.50. The van der Waals surface area contributed by atoms with Gasteiger partial charge in [-0.3, -0.25) is 0 Å². The molecule has 0 fully saturated rings. The minimum atomic E-state index is -3.46. The SMILES string of the molecule is O=S(=O)(NCCSCc1ccccc1Br)c1ccc(Cl)cc1. The standard InChI is InChI=1S/C15H15BrClNO2S2/c16-15-4-2-1-3-12(15)11-21-10-9-18-22(19,20)14-7-5-13(17)6-8-14/h1-8,18H,9-11H2. The van der Waals surface area contributed by atoms with E-state index in [0.29, 0.717) is 17.3 Å². The molecule has 0 heterocycles. The fourth-order valence-corrected chi connectivity index (χ4v) is 4.50. The second kappa shape index (κ2) is 8.36. The molecule has 0 bridgehead atoms. The molecule has 0 aromatic heterocycles. The topological polar surface area (TPSA) is 46.2 Å². The van der Waals surface area contributed by atoms with Crippen LogP contribution in [-0.2, 0) is 15.8 Å². The Morgan fingerprint density at radius 1 is 1.09 bits per heavy atom. The van der Waals surface area contributed by atoms with Crippen molar-refractivity contribution >= 4 is 49.3 Å². The van der Waals surface area contributed by atoms with E-state index < -0.39 is 10.0 Å². The van der Waals surface area contributed by atoms with Crippen LogP contribution in [0.5, 0.6) is 0 Å². The molecule has 22 heavy (non-hydrogen) atoms. The molecule has 0 saturated heterocycles. The van der Waals surface area contributed by atoms with Crippen molar-refractivity contribution < 1.29 is 8.42 Å². The van der Waals surface area contributed by atoms with Gasteiger partial charge in [-0.05, 0) is 35.9 Å². The Hall–Kier alpha value is -0.530. The van der Waals surface area contributed by atoms with E-state index >= 15 is 0 Å². The fourth-order valence-electron chi connectivity index (χ4n) is 1.74. The summed E-state index contributed by atoms with van der Waals surface area (Å²) in [5.74, 6) is 1.54. The minimum absolute atomic E-state index is 0.229. The summed E-state index contributed by atoms with van der Waals surface area (Å²) in [5, 5.41) is 0.517. The molecule has 0 aliphatic heterocycles. The van der Waals surface area contributed by atoms with Gasteiger partial charge in [0.1, 0.15) is 0 Å². The lowest BCUT2D eigenvalue weighted by molar-refractivity contribution is 0.584. The van der Waals surface area contributed by atoms with E-state index in [4.69, 9.17) is 11.6 Å². The summed E-state index contributed by atoms with van der Waals surface area (Å²) in [7, 11) is -3.46. The van der Waals surface area contributed by atoms with Crippen LogP contribution in [-0.4, -0.2) is 20.7 Å². The predicted molar refractivity (Wildman–Crippen MR) is 96.9 cm³/mol. The lowest BCUT2D eigenvalue weighted by atomic mass is 10.2. The summed E-state index contributed by atoms with van der Waals surface area (Å²) < 4.78 is 27.8. The van der Waals surface area contributed by atoms with Gasteiger partial charge < -0.3 is 0 Å². The molecule has 3 nitrogen and oxygen atoms in total. The third-order valence-electron chi connectivity index (χ3n) is 2.88. The molecule has 7 heteroatoms. The number of nitrogens with one attached hydrogen (secondary N) is 1. The van der Waals surface area contributed by atoms with Crippen molar-refractivity contribution in [2.24, 2.45) is 0 Å². The van der Waals surface area contributed by atoms with Crippen LogP contribution in [0.3, 0.4) is 0 Å². The van der Waals surface area contributed by atoms with Crippen LogP contribution in [0.25, 0.3) is 0 Å². The molecule has 0 amide bonds. The average Bonchev–Trinajstić information content (AvgIpc) is 2.49. The Bertz CT molecular complexity index is 721. The van der Waals surface area contributed by atoms with Crippen LogP contribution in [0, 0.1) is 0 Å². The Morgan fingerprint density at radius 2 is 1.77 bits per heavy atom. The summed E-state index contributed by atoms with van der Waals surface area (Å²) in [5.41, 5.74) is 1.20. The first kappa shape index (κ1) is 17.8. The van der Waals surface area contributed by atoms with Crippen LogP contribution in [0.2, 0.25) is 5.02 Å². The smallest absolute Gasteiger partial charge is 0.210 e. The highest BCUT2D eigenvalue weighted by molar-refractivity contribution is 9.10. The number of hydrogen-bond donors (Lipinski definition) is 1. The maximum absolute atomic E-state index is 12.1. The first-order valence-corrected chi connectivity index (χ1v) is 10.4. The van der Waals surface area contributed by atoms with Gasteiger partial charge in [-0.15, -0.1) is 0 Å². The number of sulfonamides is 1. The molecular formula is C15H15BrClNO2S2. The Kier molecular flexibility index (Phi) is 6.77. The number of benzene rings is 2. The maximum Gasteiger partial charge on any atom is 0.240 e. The molecule has 0 spiro atoms. The molecule has 2 aromatic rings. The van der Waals surface area contributed by atoms with Gasteiger partial charge in [0.25, 0.3) is 0 Å². The fraction of sp³-hybridized carbons (Fsp3) is 0.200. The molecule has 2 aromatic carbocycles. The van der Waals surface area contributed by atoms with Gasteiger partial charge >= 0.3 is 0 Å². The maximum atomic E-state index is 12.1. The van der Waals surface area contributed by atoms with Crippen molar-refractivity contribution in [2.75, 3.05) is 12.3 Å². The quantitative estimate of drug-likeness (QED) is 0.679. The second-order valence-corrected chi connectivity index (χ2v) is 8.66. The minimum Gasteiger partial charge on any atom is -0.210 e. The summed E-state index contributed by atoms with van der Waals surface area (Å²) in [6.45, 7) is 0.389. The Morgan fingerprint density at radius 3 is 2.45 bits per heavy atom. The largest absolute Gasteiger partial charge is 0.240 e. The highest BCUT2D eigenvalue weighted by Crippen LogP contribution is 2.21. The predicted octanol–water partition coefficient (Wildman–Crippen LogP) is 4.31. The van der Waals surface area contributed by atoms with E-state index in [1.54, 1.807) is 23.9 Å². The van der Waals surface area contributed by atoms with E-state index in [9.17, 15) is 8.42 Å². The number of rotatable bonds is 7. The molecule has 118 valence electrons. The van der Waals surface area contributed by atoms with Gasteiger partial charge in [-0.2, -0.15) is 11.8 Å². The molecule has 0 unspecified atom stereocenters. The van der Waals surface area contributed by atoms with Gasteiger partial charge in [0.05, 0.1) is 4.90 Å². The van der Waals surface area contributed by atoms with Crippen LogP contribution in [0.4, 0.5) is 0 Å². The van der Waals surface area contributed by atoms with E-state index in [1.165, 1.54) is 17.7 Å². The zero-order valence-electron chi connectivity index (χ0n) is 11.6. The van der Waals surface area contributed by atoms with Crippen molar-refractivity contribution in [3.05, 3.63) is 63.6 Å². The van der Waals surface area contributed by atoms with Crippen LogP contribution in [0.1, 0.15) is 5.56 Å². The van der Waals surface area contributed by atoms with Crippen LogP contribution < -0.4 is 4.72 Å². The van der Waals surface area contributed by atoms with Crippen molar-refractivity contribution in [1.82, 2.24) is 4.72 Å². The van der Waals surface area contributed by atoms with Crippen molar-refractivity contribution in [2.45, 2.75) is 10.6 Å². The van der Waals surface area contributed by atoms with Crippen LogP contribution >= 0.6 is 39.3 Å². The van der Waals surface area contributed by atoms with Crippen molar-refractivity contribution in [1.29, 1.82) is 0 Å². The van der Waals surface area contributed by atoms with E-state index in [1.807, 2.05) is 18.2 Å². The van der Waals surface area contributed by atoms with Gasteiger partial charge in [-0.25, -0.2) is 13.1 Å². The molecule has 1 N–H and O–H groups in total. The van der Waals surface area contributed by atoms with Crippen molar-refractivity contribution in [3.8, 4) is 0 Å². The van der Waals surface area contributed by atoms with E-state index in [-0.39, 0.29) is 4.90 Å². The Labute approximate surface area is 148 Å². The molecule has 0 aliphatic rings. The third kappa shape index (κ3) is 5.28. The lowest BCUT2D eigenvalue weighted by Gasteiger charge is -2.07. The van der Waals surface area contributed by atoms with E-state index in [0.717, 1.165) is 10.2 Å². The normalized spacial score (nSPS) is 11.5. The number of thioether (sulfide) groups is 1. The van der Waals surface area contributed by atoms with E-state index in [2.05, 4.69) is 26.7 Å². The zero-order valence-corrected chi connectivity index (χ0v) is 15.6. The van der Waals surface area contributed by atoms with Gasteiger partial charge in [-0.1, -0.05) is 45.7 Å². The van der Waals surface area contributed by atoms with Gasteiger partial charge in [0.2, 0.25) is 10.0 Å². The summed E-state index contributed by atoms with van der Waals surface area (Å²) >= 11 is 10.9. The summed E-state index contributed by atoms with van der Waals surface area (Å²) in [6.07, 6.45) is 0. The molecule has 0 saturated carbocycles. The lowest BCUT2D eigenvalue weighted by Crippen LogP contribution is -2.26. The summed E-state index contributed by atoms with van der Waals surface area (Å²) in [4.78, 5) is 0.229. The number of halogens is 2. The molecule has 2 rings (SSSR count). The average molecular weight is 421 g/mol. The van der Waals surface area contributed by atoms with Crippen molar-refractivity contribution in [3.63, 3.8) is 0 Å². The molecular weight excluding hydrogens is 406 g/mol. The Balaban J connectivity index is 1.79. The molecule has 0 radical (unpaired) electrons. The monoisotopic (exact) mass is 419 g/mol. The zero-order chi connectivity index (χ0) is 16.0. The molecule has 0 atom stereocenters. The first-order chi connectivity index (χ1) is 10.5. The highest BCUT2D eigenvalue weighted by Gasteiger charge is 2.12.